The third-order valence-electron chi connectivity index (χ3n) is 3.36. The maximum atomic E-state index is 12.0. The van der Waals surface area contributed by atoms with E-state index in [1.165, 1.54) is 32.1 Å². The van der Waals surface area contributed by atoms with Crippen molar-refractivity contribution in [3.05, 3.63) is 0 Å². The molecule has 1 aliphatic carbocycles. The molecule has 0 bridgehead atoms. The Bertz CT molecular complexity index is 204. The largest absolute Gasteiger partial charge is 0.340 e. The van der Waals surface area contributed by atoms with Gasteiger partial charge in [-0.3, -0.25) is 4.79 Å². The summed E-state index contributed by atoms with van der Waals surface area (Å²) in [7, 11) is 0. The number of carbonyl (C=O) groups is 1. The summed E-state index contributed by atoms with van der Waals surface area (Å²) in [6.45, 7) is 3.03. The van der Waals surface area contributed by atoms with Crippen LogP contribution in [0.1, 0.15) is 58.3 Å². The number of amides is 1. The third-order valence-corrected chi connectivity index (χ3v) is 3.63. The smallest absolute Gasteiger partial charge is 0.222 e. The Labute approximate surface area is 104 Å². The van der Waals surface area contributed by atoms with Crippen molar-refractivity contribution in [3.8, 4) is 0 Å². The molecule has 0 saturated heterocycles. The number of rotatable bonds is 8. The summed E-state index contributed by atoms with van der Waals surface area (Å²) in [6, 6.07) is 0.525. The molecule has 0 atom stereocenters. The Morgan fingerprint density at radius 2 is 2.06 bits per heavy atom. The first-order valence-corrected chi connectivity index (χ1v) is 7.18. The molecule has 1 fully saturated rings. The van der Waals surface area contributed by atoms with Crippen molar-refractivity contribution >= 4 is 17.5 Å². The summed E-state index contributed by atoms with van der Waals surface area (Å²) in [4.78, 5) is 14.1. The van der Waals surface area contributed by atoms with Gasteiger partial charge in [0, 0.05) is 24.9 Å². The van der Waals surface area contributed by atoms with Gasteiger partial charge in [-0.1, -0.05) is 19.8 Å². The summed E-state index contributed by atoms with van der Waals surface area (Å²) < 4.78 is 0. The van der Waals surface area contributed by atoms with Crippen molar-refractivity contribution in [2.45, 2.75) is 64.3 Å². The van der Waals surface area contributed by atoms with Crippen LogP contribution in [0.3, 0.4) is 0 Å². The molecule has 0 heterocycles. The monoisotopic (exact) mass is 245 g/mol. The predicted molar refractivity (Wildman–Crippen MR) is 68.8 cm³/mol. The van der Waals surface area contributed by atoms with Gasteiger partial charge in [0.2, 0.25) is 5.91 Å². The summed E-state index contributed by atoms with van der Waals surface area (Å²) in [6.07, 6.45) is 8.72. The summed E-state index contributed by atoms with van der Waals surface area (Å²) in [5.41, 5.74) is 0. The Balaban J connectivity index is 2.31. The van der Waals surface area contributed by atoms with Gasteiger partial charge in [0.05, 0.1) is 0 Å². The molecule has 16 heavy (non-hydrogen) atoms. The minimum atomic E-state index is 0.350. The van der Waals surface area contributed by atoms with E-state index in [-0.39, 0.29) is 0 Å². The molecular formula is C13H24ClNO. The summed E-state index contributed by atoms with van der Waals surface area (Å²) >= 11 is 5.71. The predicted octanol–water partition coefficient (Wildman–Crippen LogP) is 3.58. The normalized spacial score (nSPS) is 15.9. The number of hydrogen-bond donors (Lipinski definition) is 0. The van der Waals surface area contributed by atoms with Crippen molar-refractivity contribution in [1.82, 2.24) is 4.90 Å². The van der Waals surface area contributed by atoms with Gasteiger partial charge in [-0.2, -0.15) is 0 Å². The van der Waals surface area contributed by atoms with Crippen LogP contribution < -0.4 is 0 Å². The molecule has 3 heteroatoms. The van der Waals surface area contributed by atoms with Crippen LogP contribution in [0.4, 0.5) is 0 Å². The van der Waals surface area contributed by atoms with Crippen LogP contribution in [0.5, 0.6) is 0 Å². The van der Waals surface area contributed by atoms with E-state index in [4.69, 9.17) is 11.6 Å². The summed E-state index contributed by atoms with van der Waals surface area (Å²) in [5, 5.41) is 0. The highest BCUT2D eigenvalue weighted by molar-refractivity contribution is 6.17. The van der Waals surface area contributed by atoms with Crippen molar-refractivity contribution in [2.24, 2.45) is 0 Å². The van der Waals surface area contributed by atoms with Crippen LogP contribution in [0.15, 0.2) is 0 Å². The number of nitrogens with zero attached hydrogens (tertiary/aromatic N) is 1. The van der Waals surface area contributed by atoms with Crippen LogP contribution in [0, 0.1) is 0 Å². The molecule has 0 spiro atoms. The van der Waals surface area contributed by atoms with E-state index in [2.05, 4.69) is 11.8 Å². The number of unbranched alkanes of at least 4 members (excludes halogenated alkanes) is 2. The van der Waals surface area contributed by atoms with Gasteiger partial charge >= 0.3 is 0 Å². The maximum absolute atomic E-state index is 12.0. The molecule has 94 valence electrons. The van der Waals surface area contributed by atoms with E-state index in [1.54, 1.807) is 0 Å². The van der Waals surface area contributed by atoms with Crippen molar-refractivity contribution < 1.29 is 4.79 Å². The van der Waals surface area contributed by atoms with E-state index in [1.807, 2.05) is 0 Å². The van der Waals surface area contributed by atoms with Gasteiger partial charge < -0.3 is 4.90 Å². The van der Waals surface area contributed by atoms with Gasteiger partial charge in [-0.25, -0.2) is 0 Å². The standard InChI is InChI=1S/C13H24ClNO/c1-2-3-4-9-13(16)15(11-6-10-14)12-7-5-8-12/h12H,2-11H2,1H3. The maximum Gasteiger partial charge on any atom is 0.222 e. The van der Waals surface area contributed by atoms with Crippen LogP contribution in [-0.2, 0) is 4.79 Å². The van der Waals surface area contributed by atoms with Crippen LogP contribution >= 0.6 is 11.6 Å². The number of hydrogen-bond acceptors (Lipinski definition) is 1. The lowest BCUT2D eigenvalue weighted by atomic mass is 9.91. The molecule has 1 saturated carbocycles. The number of carbonyl (C=O) groups excluding carboxylic acids is 1. The molecule has 0 aliphatic heterocycles. The van der Waals surface area contributed by atoms with E-state index in [0.29, 0.717) is 17.8 Å². The van der Waals surface area contributed by atoms with Crippen LogP contribution in [0.2, 0.25) is 0 Å². The molecule has 0 aromatic heterocycles. The minimum absolute atomic E-state index is 0.350. The Hall–Kier alpha value is -0.240. The average molecular weight is 246 g/mol. The van der Waals surface area contributed by atoms with E-state index in [0.717, 1.165) is 25.8 Å². The third kappa shape index (κ3) is 4.32. The second-order valence-corrected chi connectivity index (χ2v) is 5.05. The van der Waals surface area contributed by atoms with E-state index < -0.39 is 0 Å². The Kier molecular flexibility index (Phi) is 6.86. The van der Waals surface area contributed by atoms with Gasteiger partial charge in [-0.05, 0) is 32.1 Å². The molecule has 1 rings (SSSR count). The molecular weight excluding hydrogens is 222 g/mol. The van der Waals surface area contributed by atoms with Crippen molar-refractivity contribution in [3.63, 3.8) is 0 Å². The molecule has 0 radical (unpaired) electrons. The van der Waals surface area contributed by atoms with Gasteiger partial charge in [0.25, 0.3) is 0 Å². The zero-order valence-corrected chi connectivity index (χ0v) is 11.1. The van der Waals surface area contributed by atoms with Crippen LogP contribution in [-0.4, -0.2) is 29.3 Å². The highest BCUT2D eigenvalue weighted by Gasteiger charge is 2.27. The molecule has 0 unspecified atom stereocenters. The topological polar surface area (TPSA) is 20.3 Å². The molecule has 1 amide bonds. The zero-order chi connectivity index (χ0) is 11.8. The summed E-state index contributed by atoms with van der Waals surface area (Å²) in [5.74, 6) is 1.01. The zero-order valence-electron chi connectivity index (χ0n) is 10.4. The Morgan fingerprint density at radius 3 is 2.56 bits per heavy atom. The first-order valence-electron chi connectivity index (χ1n) is 6.65. The van der Waals surface area contributed by atoms with Gasteiger partial charge in [0.15, 0.2) is 0 Å². The molecule has 0 aromatic carbocycles. The highest BCUT2D eigenvalue weighted by Crippen LogP contribution is 2.25. The fourth-order valence-electron chi connectivity index (χ4n) is 2.11. The van der Waals surface area contributed by atoms with E-state index in [9.17, 15) is 4.79 Å². The minimum Gasteiger partial charge on any atom is -0.340 e. The quantitative estimate of drug-likeness (QED) is 0.473. The fourth-order valence-corrected chi connectivity index (χ4v) is 2.23. The fraction of sp³-hybridized carbons (Fsp3) is 0.923. The lowest BCUT2D eigenvalue weighted by Gasteiger charge is -2.37. The first kappa shape index (κ1) is 13.8. The number of halogens is 1. The highest BCUT2D eigenvalue weighted by atomic mass is 35.5. The van der Waals surface area contributed by atoms with Crippen molar-refractivity contribution in [2.75, 3.05) is 12.4 Å². The number of alkyl halides is 1. The second kappa shape index (κ2) is 7.94. The van der Waals surface area contributed by atoms with E-state index >= 15 is 0 Å². The van der Waals surface area contributed by atoms with Crippen LogP contribution in [0.25, 0.3) is 0 Å². The second-order valence-electron chi connectivity index (χ2n) is 4.67. The van der Waals surface area contributed by atoms with Gasteiger partial charge in [-0.15, -0.1) is 11.6 Å². The molecule has 1 aliphatic rings. The molecule has 2 nitrogen and oxygen atoms in total. The molecule has 0 N–H and O–H groups in total. The SMILES string of the molecule is CCCCCC(=O)N(CCCCl)C1CCC1. The van der Waals surface area contributed by atoms with Gasteiger partial charge in [0.1, 0.15) is 0 Å². The lowest BCUT2D eigenvalue weighted by Crippen LogP contribution is -2.44. The van der Waals surface area contributed by atoms with Crippen molar-refractivity contribution in [1.29, 1.82) is 0 Å². The lowest BCUT2D eigenvalue weighted by molar-refractivity contribution is -0.135. The average Bonchev–Trinajstić information content (AvgIpc) is 2.21. The molecule has 0 aromatic rings. The Morgan fingerprint density at radius 1 is 1.31 bits per heavy atom. The first-order chi connectivity index (χ1) is 7.79.